The van der Waals surface area contributed by atoms with Crippen LogP contribution in [0.5, 0.6) is 23.0 Å². The van der Waals surface area contributed by atoms with E-state index in [9.17, 15) is 9.59 Å². The van der Waals surface area contributed by atoms with Gasteiger partial charge in [0.05, 0.1) is 45.6 Å². The van der Waals surface area contributed by atoms with Crippen LogP contribution in [0.15, 0.2) is 72.9 Å². The molecule has 0 fully saturated rings. The van der Waals surface area contributed by atoms with Gasteiger partial charge in [0.2, 0.25) is 0 Å². The molecule has 8 nitrogen and oxygen atoms in total. The van der Waals surface area contributed by atoms with Gasteiger partial charge in [0.1, 0.15) is 28.7 Å². The van der Waals surface area contributed by atoms with Gasteiger partial charge in [0, 0.05) is 23.4 Å². The Balaban J connectivity index is 1.86. The summed E-state index contributed by atoms with van der Waals surface area (Å²) >= 11 is 0. The molecule has 0 radical (unpaired) electrons. The number of carbonyl (C=O) groups excluding carboxylic acids is 2. The van der Waals surface area contributed by atoms with Crippen molar-refractivity contribution >= 4 is 11.8 Å². The first kappa shape index (κ1) is 30.2. The molecule has 0 saturated heterocycles. The van der Waals surface area contributed by atoms with Crippen molar-refractivity contribution < 1.29 is 33.3 Å². The molecule has 0 unspecified atom stereocenters. The van der Waals surface area contributed by atoms with Gasteiger partial charge in [-0.25, -0.2) is 4.79 Å². The molecule has 0 atom stereocenters. The number of Topliss-reactive ketones (excluding diaryl/α,β-unsaturated/α-hetero) is 1. The van der Waals surface area contributed by atoms with Gasteiger partial charge in [-0.2, -0.15) is 0 Å². The average Bonchev–Trinajstić information content (AvgIpc) is 3.35. The average molecular weight is 572 g/mol. The molecule has 4 aromatic rings. The van der Waals surface area contributed by atoms with Crippen molar-refractivity contribution in [3.05, 3.63) is 84.2 Å². The van der Waals surface area contributed by atoms with Gasteiger partial charge in [-0.1, -0.05) is 24.3 Å². The van der Waals surface area contributed by atoms with Gasteiger partial charge in [0.15, 0.2) is 5.78 Å². The molecule has 8 heteroatoms. The van der Waals surface area contributed by atoms with Crippen LogP contribution in [0.2, 0.25) is 0 Å². The molecule has 3 aromatic carbocycles. The summed E-state index contributed by atoms with van der Waals surface area (Å²) < 4.78 is 29.3. The fraction of sp³-hybridized carbons (Fsp3) is 0.294. The van der Waals surface area contributed by atoms with Crippen LogP contribution in [0, 0.1) is 0 Å². The fourth-order valence-corrected chi connectivity index (χ4v) is 4.73. The van der Waals surface area contributed by atoms with E-state index in [-0.39, 0.29) is 30.2 Å². The van der Waals surface area contributed by atoms with E-state index in [1.54, 1.807) is 29.9 Å². The third-order valence-corrected chi connectivity index (χ3v) is 6.53. The number of benzene rings is 3. The Labute approximate surface area is 246 Å². The van der Waals surface area contributed by atoms with Crippen LogP contribution >= 0.6 is 0 Å². The van der Waals surface area contributed by atoms with Crippen LogP contribution in [0.25, 0.3) is 22.3 Å². The fourth-order valence-electron chi connectivity index (χ4n) is 4.73. The molecule has 0 N–H and O–H groups in total. The van der Waals surface area contributed by atoms with Crippen molar-refractivity contribution in [3.8, 4) is 45.3 Å². The lowest BCUT2D eigenvalue weighted by Crippen LogP contribution is -2.17. The van der Waals surface area contributed by atoms with Crippen molar-refractivity contribution in [2.45, 2.75) is 46.4 Å². The monoisotopic (exact) mass is 571 g/mol. The summed E-state index contributed by atoms with van der Waals surface area (Å²) in [6.45, 7) is 7.74. The Morgan fingerprint density at radius 2 is 1.26 bits per heavy atom. The van der Waals surface area contributed by atoms with Crippen LogP contribution in [-0.4, -0.2) is 49.9 Å². The molecule has 0 spiro atoms. The molecule has 0 amide bonds. The normalized spacial score (nSPS) is 11.0. The van der Waals surface area contributed by atoms with Crippen molar-refractivity contribution in [1.82, 2.24) is 4.57 Å². The summed E-state index contributed by atoms with van der Waals surface area (Å²) in [7, 11) is 4.37. The molecule has 0 saturated carbocycles. The van der Waals surface area contributed by atoms with Gasteiger partial charge in [-0.05, 0) is 75.2 Å². The number of nitrogens with zero attached hydrogens (tertiary/aromatic N) is 1. The van der Waals surface area contributed by atoms with Crippen LogP contribution < -0.4 is 18.9 Å². The van der Waals surface area contributed by atoms with Crippen molar-refractivity contribution in [2.24, 2.45) is 0 Å². The van der Waals surface area contributed by atoms with E-state index in [1.807, 2.05) is 82.4 Å². The number of carbonyl (C=O) groups is 2. The highest BCUT2D eigenvalue weighted by Gasteiger charge is 2.27. The largest absolute Gasteiger partial charge is 0.497 e. The summed E-state index contributed by atoms with van der Waals surface area (Å²) in [5, 5.41) is 0. The maximum Gasteiger partial charge on any atom is 0.355 e. The third-order valence-electron chi connectivity index (χ3n) is 6.53. The Bertz CT molecular complexity index is 1530. The van der Waals surface area contributed by atoms with E-state index in [1.165, 1.54) is 14.2 Å². The summed E-state index contributed by atoms with van der Waals surface area (Å²) in [6.07, 6.45) is 1.86. The van der Waals surface area contributed by atoms with Gasteiger partial charge >= 0.3 is 5.97 Å². The maximum atomic E-state index is 13.6. The summed E-state index contributed by atoms with van der Waals surface area (Å²) in [5.74, 6) is 1.60. The molecule has 4 rings (SSSR count). The minimum atomic E-state index is -0.562. The van der Waals surface area contributed by atoms with Crippen LogP contribution in [0.1, 0.15) is 48.5 Å². The topological polar surface area (TPSA) is 85.2 Å². The number of ketones is 1. The molecule has 1 aromatic heterocycles. The van der Waals surface area contributed by atoms with Crippen LogP contribution in [-0.2, 0) is 11.3 Å². The lowest BCUT2D eigenvalue weighted by Gasteiger charge is -2.13. The first-order chi connectivity index (χ1) is 20.1. The zero-order valence-electron chi connectivity index (χ0n) is 25.1. The maximum absolute atomic E-state index is 13.6. The molecule has 0 bridgehead atoms. The number of ether oxygens (including phenoxy) is 5. The summed E-state index contributed by atoms with van der Waals surface area (Å²) in [4.78, 5) is 27.0. The lowest BCUT2D eigenvalue weighted by molar-refractivity contribution is 0.0589. The van der Waals surface area contributed by atoms with Crippen LogP contribution in [0.3, 0.4) is 0 Å². The number of methoxy groups -OCH3 is 3. The molecular formula is C34H37NO7. The van der Waals surface area contributed by atoms with Crippen LogP contribution in [0.4, 0.5) is 0 Å². The van der Waals surface area contributed by atoms with Gasteiger partial charge in [-0.15, -0.1) is 0 Å². The highest BCUT2D eigenvalue weighted by atomic mass is 16.5. The number of esters is 1. The van der Waals surface area contributed by atoms with Crippen molar-refractivity contribution in [3.63, 3.8) is 0 Å². The Hall–Kier alpha value is -4.72. The van der Waals surface area contributed by atoms with E-state index in [2.05, 4.69) is 0 Å². The summed E-state index contributed by atoms with van der Waals surface area (Å²) in [6, 6.07) is 20.2. The zero-order valence-corrected chi connectivity index (χ0v) is 25.1. The molecule has 220 valence electrons. The molecule has 0 aliphatic heterocycles. The zero-order chi connectivity index (χ0) is 30.4. The summed E-state index contributed by atoms with van der Waals surface area (Å²) in [5.41, 5.74) is 3.66. The SMILES string of the molecule is COC(=O)c1c(-c2ccc(OC(C)C)cc2)c(-c2ccc(OC(C)C)cc2)cn1CC(=O)c1ccc(OC)cc1OC. The first-order valence-corrected chi connectivity index (χ1v) is 13.8. The molecule has 0 aliphatic rings. The Morgan fingerprint density at radius 3 is 1.76 bits per heavy atom. The van der Waals surface area contributed by atoms with E-state index >= 15 is 0 Å². The second-order valence-electron chi connectivity index (χ2n) is 10.3. The van der Waals surface area contributed by atoms with Crippen molar-refractivity contribution in [2.75, 3.05) is 21.3 Å². The quantitative estimate of drug-likeness (QED) is 0.133. The minimum Gasteiger partial charge on any atom is -0.497 e. The predicted octanol–water partition coefficient (Wildman–Crippen LogP) is 7.08. The lowest BCUT2D eigenvalue weighted by atomic mass is 9.96. The second kappa shape index (κ2) is 13.3. The molecule has 1 heterocycles. The highest BCUT2D eigenvalue weighted by molar-refractivity contribution is 6.04. The standard InChI is InChI=1S/C34H37NO7/c1-21(2)41-25-12-8-23(9-13-25)29-19-35(20-30(36)28-17-16-27(38-5)18-31(28)39-6)33(34(37)40-7)32(29)24-10-14-26(15-11-24)42-22(3)4/h8-19,21-22H,20H2,1-7H3. The second-order valence-corrected chi connectivity index (χ2v) is 10.3. The molecular weight excluding hydrogens is 534 g/mol. The van der Waals surface area contributed by atoms with E-state index in [0.29, 0.717) is 28.4 Å². The van der Waals surface area contributed by atoms with E-state index in [4.69, 9.17) is 23.7 Å². The Morgan fingerprint density at radius 1 is 0.714 bits per heavy atom. The number of rotatable bonds is 12. The van der Waals surface area contributed by atoms with E-state index < -0.39 is 5.97 Å². The molecule has 0 aliphatic carbocycles. The van der Waals surface area contributed by atoms with Gasteiger partial charge in [-0.3, -0.25) is 4.79 Å². The smallest absolute Gasteiger partial charge is 0.355 e. The first-order valence-electron chi connectivity index (χ1n) is 13.8. The molecule has 42 heavy (non-hydrogen) atoms. The van der Waals surface area contributed by atoms with Crippen molar-refractivity contribution in [1.29, 1.82) is 0 Å². The minimum absolute atomic E-state index is 0.0191. The number of aromatic nitrogens is 1. The Kier molecular flexibility index (Phi) is 9.57. The highest BCUT2D eigenvalue weighted by Crippen LogP contribution is 2.39. The number of hydrogen-bond donors (Lipinski definition) is 0. The predicted molar refractivity (Wildman–Crippen MR) is 162 cm³/mol. The van der Waals surface area contributed by atoms with Gasteiger partial charge in [0.25, 0.3) is 0 Å². The van der Waals surface area contributed by atoms with E-state index in [0.717, 1.165) is 22.4 Å². The third kappa shape index (κ3) is 6.77. The van der Waals surface area contributed by atoms with Gasteiger partial charge < -0.3 is 28.3 Å². The number of hydrogen-bond acceptors (Lipinski definition) is 7.